The lowest BCUT2D eigenvalue weighted by atomic mass is 10.1. The molecular formula is C19H33NO. The highest BCUT2D eigenvalue weighted by Gasteiger charge is 1.95. The minimum absolute atomic E-state index is 0.332. The van der Waals surface area contributed by atoms with E-state index in [2.05, 4.69) is 12.2 Å². The van der Waals surface area contributed by atoms with Gasteiger partial charge >= 0.3 is 0 Å². The summed E-state index contributed by atoms with van der Waals surface area (Å²) < 4.78 is 0. The van der Waals surface area contributed by atoms with Gasteiger partial charge in [-0.15, -0.1) is 0 Å². The zero-order valence-corrected chi connectivity index (χ0v) is 13.7. The highest BCUT2D eigenvalue weighted by atomic mass is 16.3. The first-order chi connectivity index (χ1) is 10.3. The lowest BCUT2D eigenvalue weighted by Crippen LogP contribution is -2.00. The average Bonchev–Trinajstić information content (AvgIpc) is 2.48. The van der Waals surface area contributed by atoms with Crippen molar-refractivity contribution < 1.29 is 5.11 Å². The van der Waals surface area contributed by atoms with Crippen molar-refractivity contribution in [2.24, 2.45) is 0 Å². The molecule has 0 unspecified atom stereocenters. The second kappa shape index (κ2) is 12.6. The Morgan fingerprint density at radius 1 is 0.810 bits per heavy atom. The number of rotatable bonds is 13. The van der Waals surface area contributed by atoms with Crippen LogP contribution in [0.2, 0.25) is 0 Å². The molecule has 1 aromatic rings. The molecule has 0 saturated carbocycles. The Bertz CT molecular complexity index is 351. The van der Waals surface area contributed by atoms with Crippen LogP contribution in [0.3, 0.4) is 0 Å². The largest absolute Gasteiger partial charge is 0.508 e. The third-order valence-corrected chi connectivity index (χ3v) is 3.96. The van der Waals surface area contributed by atoms with Gasteiger partial charge in [-0.3, -0.25) is 0 Å². The summed E-state index contributed by atoms with van der Waals surface area (Å²) in [5.74, 6) is 0.332. The molecule has 2 nitrogen and oxygen atoms in total. The molecule has 0 fully saturated rings. The predicted molar refractivity (Wildman–Crippen MR) is 93.1 cm³/mol. The van der Waals surface area contributed by atoms with Gasteiger partial charge in [0.05, 0.1) is 0 Å². The highest BCUT2D eigenvalue weighted by Crippen LogP contribution is 2.15. The van der Waals surface area contributed by atoms with Gasteiger partial charge in [-0.25, -0.2) is 0 Å². The molecule has 2 heteroatoms. The Hall–Kier alpha value is -1.18. The average molecular weight is 291 g/mol. The maximum atomic E-state index is 9.36. The van der Waals surface area contributed by atoms with Crippen LogP contribution < -0.4 is 5.32 Å². The molecule has 0 aliphatic heterocycles. The van der Waals surface area contributed by atoms with Gasteiger partial charge in [0.2, 0.25) is 0 Å². The van der Waals surface area contributed by atoms with Crippen LogP contribution in [0, 0.1) is 0 Å². The van der Waals surface area contributed by atoms with Crippen molar-refractivity contribution in [3.63, 3.8) is 0 Å². The van der Waals surface area contributed by atoms with Crippen LogP contribution in [-0.4, -0.2) is 11.7 Å². The van der Waals surface area contributed by atoms with Crippen LogP contribution in [0.4, 0.5) is 5.69 Å². The summed E-state index contributed by atoms with van der Waals surface area (Å²) in [6, 6.07) is 7.35. The summed E-state index contributed by atoms with van der Waals surface area (Å²) in [6.07, 6.45) is 15.1. The summed E-state index contributed by atoms with van der Waals surface area (Å²) in [4.78, 5) is 0. The quantitative estimate of drug-likeness (QED) is 0.429. The van der Waals surface area contributed by atoms with Gasteiger partial charge in [0.15, 0.2) is 0 Å². The van der Waals surface area contributed by atoms with E-state index in [1.165, 1.54) is 70.6 Å². The monoisotopic (exact) mass is 291 g/mol. The van der Waals surface area contributed by atoms with Crippen molar-refractivity contribution in [1.82, 2.24) is 0 Å². The Labute approximate surface area is 131 Å². The number of nitrogens with one attached hydrogen (secondary N) is 1. The molecule has 0 atom stereocenters. The predicted octanol–water partition coefficient (Wildman–Crippen LogP) is 6.12. The first-order valence-corrected chi connectivity index (χ1v) is 8.86. The van der Waals surface area contributed by atoms with Gasteiger partial charge in [0.25, 0.3) is 0 Å². The molecular weight excluding hydrogens is 258 g/mol. The van der Waals surface area contributed by atoms with E-state index >= 15 is 0 Å². The van der Waals surface area contributed by atoms with E-state index in [-0.39, 0.29) is 0 Å². The van der Waals surface area contributed by atoms with Crippen molar-refractivity contribution in [3.8, 4) is 5.75 Å². The maximum absolute atomic E-state index is 9.36. The molecule has 0 radical (unpaired) electrons. The lowest BCUT2D eigenvalue weighted by molar-refractivity contribution is 0.475. The normalized spacial score (nSPS) is 10.7. The molecule has 0 spiro atoms. The smallest absolute Gasteiger partial charge is 0.117 e. The van der Waals surface area contributed by atoms with Crippen molar-refractivity contribution in [2.75, 3.05) is 11.9 Å². The number of phenols is 1. The number of anilines is 1. The Morgan fingerprint density at radius 2 is 1.38 bits per heavy atom. The lowest BCUT2D eigenvalue weighted by Gasteiger charge is -2.06. The van der Waals surface area contributed by atoms with Crippen LogP contribution >= 0.6 is 0 Å². The van der Waals surface area contributed by atoms with Crippen molar-refractivity contribution in [2.45, 2.75) is 77.6 Å². The van der Waals surface area contributed by atoms with Gasteiger partial charge in [-0.05, 0) is 18.6 Å². The molecule has 120 valence electrons. The van der Waals surface area contributed by atoms with E-state index in [1.807, 2.05) is 12.1 Å². The SMILES string of the molecule is CCCCCCCCCCCCCNc1cccc(O)c1. The summed E-state index contributed by atoms with van der Waals surface area (Å²) in [6.45, 7) is 3.27. The van der Waals surface area contributed by atoms with E-state index in [0.717, 1.165) is 12.2 Å². The summed E-state index contributed by atoms with van der Waals surface area (Å²) in [5.41, 5.74) is 1.02. The maximum Gasteiger partial charge on any atom is 0.117 e. The first-order valence-electron chi connectivity index (χ1n) is 8.86. The van der Waals surface area contributed by atoms with Gasteiger partial charge in [-0.1, -0.05) is 77.2 Å². The number of aromatic hydroxyl groups is 1. The molecule has 2 N–H and O–H groups in total. The second-order valence-corrected chi connectivity index (χ2v) is 6.01. The molecule has 0 aliphatic carbocycles. The second-order valence-electron chi connectivity index (χ2n) is 6.01. The summed E-state index contributed by atoms with van der Waals surface area (Å²) in [5, 5.41) is 12.7. The number of phenolic OH excluding ortho intramolecular Hbond substituents is 1. The van der Waals surface area contributed by atoms with Crippen molar-refractivity contribution in [3.05, 3.63) is 24.3 Å². The molecule has 1 aromatic carbocycles. The fraction of sp³-hybridized carbons (Fsp3) is 0.684. The van der Waals surface area contributed by atoms with E-state index in [4.69, 9.17) is 0 Å². The zero-order valence-electron chi connectivity index (χ0n) is 13.7. The molecule has 0 aliphatic rings. The number of hydrogen-bond donors (Lipinski definition) is 2. The Balaban J connectivity index is 1.82. The van der Waals surface area contributed by atoms with Crippen LogP contribution in [0.15, 0.2) is 24.3 Å². The van der Waals surface area contributed by atoms with Crippen LogP contribution in [0.5, 0.6) is 5.75 Å². The summed E-state index contributed by atoms with van der Waals surface area (Å²) in [7, 11) is 0. The first kappa shape index (κ1) is 17.9. The molecule has 0 bridgehead atoms. The fourth-order valence-electron chi connectivity index (χ4n) is 2.64. The molecule has 0 heterocycles. The topological polar surface area (TPSA) is 32.3 Å². The van der Waals surface area contributed by atoms with Crippen molar-refractivity contribution >= 4 is 5.69 Å². The fourth-order valence-corrected chi connectivity index (χ4v) is 2.64. The van der Waals surface area contributed by atoms with Crippen LogP contribution in [0.1, 0.15) is 77.6 Å². The van der Waals surface area contributed by atoms with Crippen LogP contribution in [0.25, 0.3) is 0 Å². The number of benzene rings is 1. The minimum Gasteiger partial charge on any atom is -0.508 e. The zero-order chi connectivity index (χ0) is 15.2. The minimum atomic E-state index is 0.332. The van der Waals surface area contributed by atoms with Crippen LogP contribution in [-0.2, 0) is 0 Å². The standard InChI is InChI=1S/C19H33NO/c1-2-3-4-5-6-7-8-9-10-11-12-16-20-18-14-13-15-19(21)17-18/h13-15,17,20-21H,2-12,16H2,1H3. The molecule has 0 saturated heterocycles. The van der Waals surface area contributed by atoms with Gasteiger partial charge < -0.3 is 10.4 Å². The molecule has 0 aromatic heterocycles. The molecule has 21 heavy (non-hydrogen) atoms. The number of hydrogen-bond acceptors (Lipinski definition) is 2. The van der Waals surface area contributed by atoms with Gasteiger partial charge in [0.1, 0.15) is 5.75 Å². The van der Waals surface area contributed by atoms with E-state index in [0.29, 0.717) is 5.75 Å². The highest BCUT2D eigenvalue weighted by molar-refractivity contribution is 5.47. The van der Waals surface area contributed by atoms with E-state index in [9.17, 15) is 5.11 Å². The van der Waals surface area contributed by atoms with Crippen molar-refractivity contribution in [1.29, 1.82) is 0 Å². The molecule has 0 amide bonds. The third-order valence-electron chi connectivity index (χ3n) is 3.96. The van der Waals surface area contributed by atoms with Gasteiger partial charge in [0, 0.05) is 18.3 Å². The van der Waals surface area contributed by atoms with E-state index in [1.54, 1.807) is 12.1 Å². The Morgan fingerprint density at radius 3 is 1.95 bits per heavy atom. The molecule has 1 rings (SSSR count). The third kappa shape index (κ3) is 10.2. The van der Waals surface area contributed by atoms with Gasteiger partial charge in [-0.2, -0.15) is 0 Å². The number of unbranched alkanes of at least 4 members (excludes halogenated alkanes) is 10. The van der Waals surface area contributed by atoms with E-state index < -0.39 is 0 Å². The Kier molecular flexibility index (Phi) is 10.7. The summed E-state index contributed by atoms with van der Waals surface area (Å²) >= 11 is 0.